The number of nitrogen functional groups attached to an aromatic ring is 1. The second kappa shape index (κ2) is 8.72. The largest absolute Gasteiger partial charge is 0.496 e. The third-order valence-electron chi connectivity index (χ3n) is 4.73. The van der Waals surface area contributed by atoms with Crippen LogP contribution in [0.25, 0.3) is 0 Å². The van der Waals surface area contributed by atoms with E-state index in [1.807, 2.05) is 0 Å². The number of anilines is 1. The molecule has 134 valence electrons. The van der Waals surface area contributed by atoms with Crippen LogP contribution in [0.5, 0.6) is 5.75 Å². The van der Waals surface area contributed by atoms with Gasteiger partial charge in [0, 0.05) is 19.0 Å². The highest BCUT2D eigenvalue weighted by Gasteiger charge is 2.22. The summed E-state index contributed by atoms with van der Waals surface area (Å²) >= 11 is 6.05. The van der Waals surface area contributed by atoms with Gasteiger partial charge < -0.3 is 15.4 Å². The van der Waals surface area contributed by atoms with Crippen LogP contribution in [0, 0.1) is 11.8 Å². The van der Waals surface area contributed by atoms with E-state index in [0.717, 1.165) is 19.5 Å². The number of carbonyl (C=O) groups is 1. The van der Waals surface area contributed by atoms with E-state index in [2.05, 4.69) is 18.7 Å². The summed E-state index contributed by atoms with van der Waals surface area (Å²) in [5, 5.41) is 0.404. The molecule has 24 heavy (non-hydrogen) atoms. The second-order valence-corrected chi connectivity index (χ2v) is 7.58. The molecule has 0 amide bonds. The number of Topliss-reactive ketones (excluding diaryl/α,β-unsaturated/α-hetero) is 1. The van der Waals surface area contributed by atoms with Crippen LogP contribution in [0.4, 0.5) is 5.69 Å². The molecule has 1 aromatic rings. The number of carbonyl (C=O) groups excluding carboxylic acids is 1. The van der Waals surface area contributed by atoms with Gasteiger partial charge in [-0.25, -0.2) is 0 Å². The Morgan fingerprint density at radius 3 is 2.62 bits per heavy atom. The number of rotatable bonds is 7. The smallest absolute Gasteiger partial charge is 0.166 e. The molecule has 5 heteroatoms. The molecule has 2 rings (SSSR count). The van der Waals surface area contributed by atoms with Crippen LogP contribution in [0.3, 0.4) is 0 Å². The van der Waals surface area contributed by atoms with Gasteiger partial charge in [-0.15, -0.1) is 0 Å². The zero-order valence-electron chi connectivity index (χ0n) is 15.0. The van der Waals surface area contributed by atoms with Crippen molar-refractivity contribution in [2.24, 2.45) is 11.8 Å². The van der Waals surface area contributed by atoms with Gasteiger partial charge in [-0.1, -0.05) is 25.4 Å². The molecule has 1 aliphatic heterocycles. The van der Waals surface area contributed by atoms with E-state index < -0.39 is 0 Å². The van der Waals surface area contributed by atoms with E-state index in [0.29, 0.717) is 40.3 Å². The van der Waals surface area contributed by atoms with Crippen LogP contribution in [-0.4, -0.2) is 37.4 Å². The number of ketones is 1. The van der Waals surface area contributed by atoms with Crippen LogP contribution in [0.2, 0.25) is 5.02 Å². The van der Waals surface area contributed by atoms with Gasteiger partial charge in [0.1, 0.15) is 5.75 Å². The minimum atomic E-state index is 0.0818. The van der Waals surface area contributed by atoms with Crippen LogP contribution in [0.1, 0.15) is 49.9 Å². The average molecular weight is 353 g/mol. The molecular weight excluding hydrogens is 324 g/mol. The molecule has 0 unspecified atom stereocenters. The van der Waals surface area contributed by atoms with Crippen molar-refractivity contribution < 1.29 is 9.53 Å². The summed E-state index contributed by atoms with van der Waals surface area (Å²) in [5.74, 6) is 1.94. The molecule has 1 heterocycles. The summed E-state index contributed by atoms with van der Waals surface area (Å²) < 4.78 is 5.28. The van der Waals surface area contributed by atoms with Crippen molar-refractivity contribution in [3.63, 3.8) is 0 Å². The SMILES string of the molecule is COc1cc(N)c(Cl)cc1C(=O)CCC1CCN(CC(C)C)CC1. The van der Waals surface area contributed by atoms with E-state index in [1.165, 1.54) is 19.4 Å². The second-order valence-electron chi connectivity index (χ2n) is 7.17. The quantitative estimate of drug-likeness (QED) is 0.588. The summed E-state index contributed by atoms with van der Waals surface area (Å²) in [4.78, 5) is 15.1. The fourth-order valence-corrected chi connectivity index (χ4v) is 3.56. The number of nitrogens with zero attached hydrogens (tertiary/aromatic N) is 1. The molecule has 0 spiro atoms. The first kappa shape index (κ1) is 19.1. The Kier molecular flexibility index (Phi) is 6.93. The topological polar surface area (TPSA) is 55.6 Å². The number of likely N-dealkylation sites (tertiary alicyclic amines) is 1. The van der Waals surface area contributed by atoms with E-state index in [4.69, 9.17) is 22.1 Å². The third-order valence-corrected chi connectivity index (χ3v) is 5.06. The number of halogens is 1. The number of hydrogen-bond acceptors (Lipinski definition) is 4. The highest BCUT2D eigenvalue weighted by atomic mass is 35.5. The third kappa shape index (κ3) is 5.12. The Morgan fingerprint density at radius 2 is 2.04 bits per heavy atom. The Balaban J connectivity index is 1.87. The Labute approximate surface area is 150 Å². The number of methoxy groups -OCH3 is 1. The van der Waals surface area contributed by atoms with Gasteiger partial charge in [-0.2, -0.15) is 0 Å². The normalized spacial score (nSPS) is 16.5. The predicted molar refractivity (Wildman–Crippen MR) is 100.0 cm³/mol. The Hall–Kier alpha value is -1.26. The fourth-order valence-electron chi connectivity index (χ4n) is 3.40. The molecule has 4 nitrogen and oxygen atoms in total. The number of piperidine rings is 1. The van der Waals surface area contributed by atoms with Crippen molar-refractivity contribution in [3.05, 3.63) is 22.7 Å². The summed E-state index contributed by atoms with van der Waals surface area (Å²) in [6.07, 6.45) is 3.82. The first-order chi connectivity index (χ1) is 11.4. The van der Waals surface area contributed by atoms with Gasteiger partial charge in [0.15, 0.2) is 5.78 Å². The lowest BCUT2D eigenvalue weighted by Gasteiger charge is -2.32. The molecule has 1 saturated heterocycles. The van der Waals surface area contributed by atoms with Crippen LogP contribution in [-0.2, 0) is 0 Å². The lowest BCUT2D eigenvalue weighted by molar-refractivity contribution is 0.0957. The van der Waals surface area contributed by atoms with Crippen molar-refractivity contribution in [3.8, 4) is 5.75 Å². The highest BCUT2D eigenvalue weighted by molar-refractivity contribution is 6.33. The Morgan fingerprint density at radius 1 is 1.38 bits per heavy atom. The molecule has 1 aliphatic rings. The van der Waals surface area contributed by atoms with E-state index >= 15 is 0 Å². The molecule has 0 bridgehead atoms. The summed E-state index contributed by atoms with van der Waals surface area (Å²) in [7, 11) is 1.55. The number of nitrogens with two attached hydrogens (primary N) is 1. The van der Waals surface area contributed by atoms with Crippen molar-refractivity contribution >= 4 is 23.1 Å². The number of hydrogen-bond donors (Lipinski definition) is 1. The predicted octanol–water partition coefficient (Wildman–Crippen LogP) is 4.26. The Bertz CT molecular complexity index is 567. The average Bonchev–Trinajstić information content (AvgIpc) is 2.55. The summed E-state index contributed by atoms with van der Waals surface area (Å²) in [6, 6.07) is 3.25. The molecule has 2 N–H and O–H groups in total. The van der Waals surface area contributed by atoms with E-state index in [-0.39, 0.29) is 5.78 Å². The first-order valence-corrected chi connectivity index (χ1v) is 9.17. The van der Waals surface area contributed by atoms with E-state index in [1.54, 1.807) is 19.2 Å². The van der Waals surface area contributed by atoms with Crippen LogP contribution < -0.4 is 10.5 Å². The maximum atomic E-state index is 12.6. The van der Waals surface area contributed by atoms with Crippen molar-refractivity contribution in [2.45, 2.75) is 39.5 Å². The minimum absolute atomic E-state index is 0.0818. The molecule has 1 aromatic carbocycles. The zero-order valence-corrected chi connectivity index (χ0v) is 15.7. The fraction of sp³-hybridized carbons (Fsp3) is 0.632. The van der Waals surface area contributed by atoms with Gasteiger partial charge in [0.05, 0.1) is 23.4 Å². The lowest BCUT2D eigenvalue weighted by Crippen LogP contribution is -2.36. The maximum Gasteiger partial charge on any atom is 0.166 e. The van der Waals surface area contributed by atoms with Gasteiger partial charge in [0.25, 0.3) is 0 Å². The van der Waals surface area contributed by atoms with Crippen LogP contribution >= 0.6 is 11.6 Å². The molecule has 0 aliphatic carbocycles. The van der Waals surface area contributed by atoms with Gasteiger partial charge in [-0.3, -0.25) is 4.79 Å². The molecule has 1 fully saturated rings. The molecule has 0 saturated carbocycles. The molecule has 0 atom stereocenters. The summed E-state index contributed by atoms with van der Waals surface area (Å²) in [5.41, 5.74) is 6.74. The van der Waals surface area contributed by atoms with Crippen LogP contribution in [0.15, 0.2) is 12.1 Å². The van der Waals surface area contributed by atoms with E-state index in [9.17, 15) is 4.79 Å². The standard InChI is InChI=1S/C19H29ClN2O2/c1-13(2)12-22-8-6-14(7-9-22)4-5-18(23)15-10-16(20)17(21)11-19(15)24-3/h10-11,13-14H,4-9,12,21H2,1-3H3. The monoisotopic (exact) mass is 352 g/mol. The maximum absolute atomic E-state index is 12.6. The van der Waals surface area contributed by atoms with Gasteiger partial charge in [0.2, 0.25) is 0 Å². The zero-order chi connectivity index (χ0) is 17.7. The van der Waals surface area contributed by atoms with Gasteiger partial charge in [-0.05, 0) is 50.3 Å². The lowest BCUT2D eigenvalue weighted by atomic mass is 9.90. The van der Waals surface area contributed by atoms with Crippen molar-refractivity contribution in [2.75, 3.05) is 32.5 Å². The van der Waals surface area contributed by atoms with Crippen molar-refractivity contribution in [1.82, 2.24) is 4.90 Å². The molecule has 0 radical (unpaired) electrons. The summed E-state index contributed by atoms with van der Waals surface area (Å²) in [6.45, 7) is 7.99. The first-order valence-electron chi connectivity index (χ1n) is 8.79. The number of benzene rings is 1. The minimum Gasteiger partial charge on any atom is -0.496 e. The highest BCUT2D eigenvalue weighted by Crippen LogP contribution is 2.31. The van der Waals surface area contributed by atoms with Crippen molar-refractivity contribution in [1.29, 1.82) is 0 Å². The molecular formula is C19H29ClN2O2. The number of ether oxygens (including phenoxy) is 1. The van der Waals surface area contributed by atoms with Gasteiger partial charge >= 0.3 is 0 Å². The molecule has 0 aromatic heterocycles.